The van der Waals surface area contributed by atoms with Gasteiger partial charge in [-0.15, -0.1) is 0 Å². The highest BCUT2D eigenvalue weighted by Crippen LogP contribution is 2.21. The molecule has 1 saturated heterocycles. The van der Waals surface area contributed by atoms with Gasteiger partial charge in [-0.25, -0.2) is 0 Å². The fraction of sp³-hybridized carbons (Fsp3) is 0.333. The number of carbonyl (C=O) groups excluding carboxylic acids is 3. The number of aryl methyl sites for hydroxylation is 1. The molecule has 1 aliphatic heterocycles. The van der Waals surface area contributed by atoms with E-state index in [0.29, 0.717) is 12.0 Å². The minimum atomic E-state index is -0.631. The summed E-state index contributed by atoms with van der Waals surface area (Å²) >= 11 is 0. The summed E-state index contributed by atoms with van der Waals surface area (Å²) in [6.07, 6.45) is 2.27. The minimum absolute atomic E-state index is 0.240. The van der Waals surface area contributed by atoms with Gasteiger partial charge in [0.25, 0.3) is 5.91 Å². The van der Waals surface area contributed by atoms with Crippen LogP contribution in [0.3, 0.4) is 0 Å². The standard InChI is InChI=1S/C15H16N4O3/c1-18(11-6-7-12(20)17-14(11)21)15(22)10-5-3-4-9-8-16-19(2)13(9)10/h3-5,8,11H,6-7H2,1-2H3,(H,17,20,21). The number of hydrogen-bond donors (Lipinski definition) is 1. The summed E-state index contributed by atoms with van der Waals surface area (Å²) in [4.78, 5) is 37.3. The predicted molar refractivity (Wildman–Crippen MR) is 79.0 cm³/mol. The molecule has 3 amide bonds. The Kier molecular flexibility index (Phi) is 3.40. The van der Waals surface area contributed by atoms with Gasteiger partial charge in [-0.1, -0.05) is 12.1 Å². The van der Waals surface area contributed by atoms with Crippen LogP contribution >= 0.6 is 0 Å². The van der Waals surface area contributed by atoms with Gasteiger partial charge in [0, 0.05) is 25.9 Å². The van der Waals surface area contributed by atoms with Crippen LogP contribution in [-0.4, -0.2) is 45.5 Å². The SMILES string of the molecule is CN(C(=O)c1cccc2cnn(C)c12)C1CCC(=O)NC1=O. The number of nitrogens with one attached hydrogen (secondary N) is 1. The topological polar surface area (TPSA) is 84.3 Å². The summed E-state index contributed by atoms with van der Waals surface area (Å²) in [5.41, 5.74) is 1.22. The molecule has 0 radical (unpaired) electrons. The Labute approximate surface area is 126 Å². The van der Waals surface area contributed by atoms with Crippen molar-refractivity contribution in [3.63, 3.8) is 0 Å². The molecule has 3 rings (SSSR count). The van der Waals surface area contributed by atoms with E-state index in [1.807, 2.05) is 6.07 Å². The van der Waals surface area contributed by atoms with Gasteiger partial charge in [0.05, 0.1) is 17.3 Å². The Morgan fingerprint density at radius 1 is 1.41 bits per heavy atom. The summed E-state index contributed by atoms with van der Waals surface area (Å²) in [5, 5.41) is 7.29. The van der Waals surface area contributed by atoms with E-state index in [4.69, 9.17) is 0 Å². The lowest BCUT2D eigenvalue weighted by Gasteiger charge is -2.29. The first-order valence-corrected chi connectivity index (χ1v) is 7.00. The predicted octanol–water partition coefficient (Wildman–Crippen LogP) is 0.450. The number of hydrogen-bond acceptors (Lipinski definition) is 4. The second-order valence-electron chi connectivity index (χ2n) is 5.39. The molecule has 7 heteroatoms. The van der Waals surface area contributed by atoms with Crippen molar-refractivity contribution in [2.75, 3.05) is 7.05 Å². The molecule has 1 N–H and O–H groups in total. The van der Waals surface area contributed by atoms with Crippen LogP contribution in [-0.2, 0) is 16.6 Å². The largest absolute Gasteiger partial charge is 0.330 e. The fourth-order valence-corrected chi connectivity index (χ4v) is 2.79. The number of piperidine rings is 1. The molecule has 0 spiro atoms. The number of carbonyl (C=O) groups is 3. The maximum absolute atomic E-state index is 12.8. The lowest BCUT2D eigenvalue weighted by molar-refractivity contribution is -0.136. The summed E-state index contributed by atoms with van der Waals surface area (Å²) in [7, 11) is 3.35. The van der Waals surface area contributed by atoms with Crippen LogP contribution in [0.15, 0.2) is 24.4 Å². The lowest BCUT2D eigenvalue weighted by atomic mass is 10.0. The number of likely N-dealkylation sites (N-methyl/N-ethyl adjacent to an activating group) is 1. The summed E-state index contributed by atoms with van der Waals surface area (Å²) in [6, 6.07) is 4.75. The smallest absolute Gasteiger partial charge is 0.256 e. The Morgan fingerprint density at radius 3 is 2.91 bits per heavy atom. The lowest BCUT2D eigenvalue weighted by Crippen LogP contribution is -2.52. The van der Waals surface area contributed by atoms with Gasteiger partial charge in [-0.05, 0) is 12.5 Å². The highest BCUT2D eigenvalue weighted by molar-refractivity contribution is 6.08. The molecule has 1 fully saturated rings. The normalized spacial score (nSPS) is 18.4. The first-order chi connectivity index (χ1) is 10.5. The maximum Gasteiger partial charge on any atom is 0.256 e. The van der Waals surface area contributed by atoms with Crippen molar-refractivity contribution in [3.8, 4) is 0 Å². The summed E-state index contributed by atoms with van der Waals surface area (Å²) in [5.74, 6) is -0.983. The third kappa shape index (κ3) is 2.24. The zero-order valence-electron chi connectivity index (χ0n) is 12.4. The molecule has 1 aromatic carbocycles. The minimum Gasteiger partial charge on any atom is -0.330 e. The maximum atomic E-state index is 12.8. The fourth-order valence-electron chi connectivity index (χ4n) is 2.79. The van der Waals surface area contributed by atoms with Crippen LogP contribution in [0.4, 0.5) is 0 Å². The Balaban J connectivity index is 1.94. The number of imide groups is 1. The van der Waals surface area contributed by atoms with E-state index >= 15 is 0 Å². The van der Waals surface area contributed by atoms with Crippen LogP contribution in [0.1, 0.15) is 23.2 Å². The van der Waals surface area contributed by atoms with Gasteiger partial charge < -0.3 is 4.90 Å². The van der Waals surface area contributed by atoms with Gasteiger partial charge in [0.2, 0.25) is 11.8 Å². The molecule has 1 unspecified atom stereocenters. The Morgan fingerprint density at radius 2 is 2.18 bits per heavy atom. The van der Waals surface area contributed by atoms with Crippen molar-refractivity contribution >= 4 is 28.6 Å². The molecule has 2 heterocycles. The van der Waals surface area contributed by atoms with E-state index in [-0.39, 0.29) is 18.2 Å². The van der Waals surface area contributed by atoms with Gasteiger partial charge in [0.1, 0.15) is 6.04 Å². The number of nitrogens with zero attached hydrogens (tertiary/aromatic N) is 3. The van der Waals surface area contributed by atoms with E-state index in [2.05, 4.69) is 10.4 Å². The van der Waals surface area contributed by atoms with Crippen LogP contribution in [0.25, 0.3) is 10.9 Å². The van der Waals surface area contributed by atoms with Crippen molar-refractivity contribution in [2.24, 2.45) is 7.05 Å². The van der Waals surface area contributed by atoms with E-state index in [1.165, 1.54) is 4.90 Å². The van der Waals surface area contributed by atoms with Crippen molar-refractivity contribution in [2.45, 2.75) is 18.9 Å². The average Bonchev–Trinajstić information content (AvgIpc) is 2.88. The van der Waals surface area contributed by atoms with Crippen LogP contribution < -0.4 is 5.32 Å². The van der Waals surface area contributed by atoms with E-state index in [0.717, 1.165) is 10.9 Å². The van der Waals surface area contributed by atoms with Crippen molar-refractivity contribution in [3.05, 3.63) is 30.0 Å². The van der Waals surface area contributed by atoms with Gasteiger partial charge in [0.15, 0.2) is 0 Å². The molecule has 114 valence electrons. The monoisotopic (exact) mass is 300 g/mol. The zero-order chi connectivity index (χ0) is 15.9. The molecule has 1 aliphatic rings. The van der Waals surface area contributed by atoms with Crippen LogP contribution in [0.2, 0.25) is 0 Å². The van der Waals surface area contributed by atoms with E-state index < -0.39 is 11.9 Å². The molecule has 0 aliphatic carbocycles. The Hall–Kier alpha value is -2.70. The van der Waals surface area contributed by atoms with Gasteiger partial charge in [-0.3, -0.25) is 24.4 Å². The molecule has 2 aromatic rings. The molecule has 22 heavy (non-hydrogen) atoms. The third-order valence-electron chi connectivity index (χ3n) is 3.99. The average molecular weight is 300 g/mol. The summed E-state index contributed by atoms with van der Waals surface area (Å²) < 4.78 is 1.64. The van der Waals surface area contributed by atoms with Crippen molar-refractivity contribution in [1.29, 1.82) is 0 Å². The van der Waals surface area contributed by atoms with Crippen LogP contribution in [0.5, 0.6) is 0 Å². The highest BCUT2D eigenvalue weighted by Gasteiger charge is 2.33. The Bertz CT molecular complexity index is 780. The summed E-state index contributed by atoms with van der Waals surface area (Å²) in [6.45, 7) is 0. The number of rotatable bonds is 2. The third-order valence-corrected chi connectivity index (χ3v) is 3.99. The number of para-hydroxylation sites is 1. The first kappa shape index (κ1) is 14.2. The molecular weight excluding hydrogens is 284 g/mol. The first-order valence-electron chi connectivity index (χ1n) is 7.00. The number of amides is 3. The van der Waals surface area contributed by atoms with Gasteiger partial charge >= 0.3 is 0 Å². The van der Waals surface area contributed by atoms with E-state index in [9.17, 15) is 14.4 Å². The van der Waals surface area contributed by atoms with Crippen molar-refractivity contribution in [1.82, 2.24) is 20.0 Å². The number of fused-ring (bicyclic) bond motifs is 1. The molecule has 0 bridgehead atoms. The second kappa shape index (κ2) is 5.25. The molecule has 1 atom stereocenters. The molecule has 1 aromatic heterocycles. The quantitative estimate of drug-likeness (QED) is 0.816. The van der Waals surface area contributed by atoms with Crippen LogP contribution in [0, 0.1) is 0 Å². The number of benzene rings is 1. The van der Waals surface area contributed by atoms with Crippen molar-refractivity contribution < 1.29 is 14.4 Å². The molecule has 0 saturated carbocycles. The van der Waals surface area contributed by atoms with Gasteiger partial charge in [-0.2, -0.15) is 5.10 Å². The molecular formula is C15H16N4O3. The second-order valence-corrected chi connectivity index (χ2v) is 5.39. The highest BCUT2D eigenvalue weighted by atomic mass is 16.2. The zero-order valence-corrected chi connectivity index (χ0v) is 12.4. The number of aromatic nitrogens is 2. The molecule has 7 nitrogen and oxygen atoms in total. The van der Waals surface area contributed by atoms with E-state index in [1.54, 1.807) is 37.1 Å².